The minimum Gasteiger partial charge on any atom is -0.477 e. The maximum Gasteiger partial charge on any atom is 0.354 e. The fourth-order valence-corrected chi connectivity index (χ4v) is 3.55. The largest absolute Gasteiger partial charge is 0.477 e. The Balaban J connectivity index is 1.76. The van der Waals surface area contributed by atoms with Crippen LogP contribution in [0.25, 0.3) is 22.3 Å². The van der Waals surface area contributed by atoms with Gasteiger partial charge >= 0.3 is 5.97 Å². The second-order valence-electron chi connectivity index (χ2n) is 6.72. The van der Waals surface area contributed by atoms with Gasteiger partial charge in [-0.2, -0.15) is 0 Å². The number of benzene rings is 2. The zero-order chi connectivity index (χ0) is 19.8. The molecule has 2 aromatic heterocycles. The number of halogens is 1. The normalized spacial score (nSPS) is 11.1. The molecule has 4 aromatic rings. The van der Waals surface area contributed by atoms with E-state index in [4.69, 9.17) is 11.6 Å². The summed E-state index contributed by atoms with van der Waals surface area (Å²) in [5, 5.41) is 9.97. The van der Waals surface area contributed by atoms with Gasteiger partial charge in [0.05, 0.1) is 6.54 Å². The Hall–Kier alpha value is -3.18. The molecule has 0 aliphatic carbocycles. The Labute approximate surface area is 167 Å². The summed E-state index contributed by atoms with van der Waals surface area (Å²) in [6.07, 6.45) is 0. The van der Waals surface area contributed by atoms with Crippen LogP contribution in [0.2, 0.25) is 5.02 Å². The molecule has 28 heavy (non-hydrogen) atoms. The fourth-order valence-electron chi connectivity index (χ4n) is 3.31. The maximum atomic E-state index is 11.4. The van der Waals surface area contributed by atoms with Crippen molar-refractivity contribution in [1.29, 1.82) is 0 Å². The lowest BCUT2D eigenvalue weighted by molar-refractivity contribution is 0.0690. The first-order valence-electron chi connectivity index (χ1n) is 8.85. The van der Waals surface area contributed by atoms with Crippen LogP contribution in [-0.2, 0) is 6.54 Å². The van der Waals surface area contributed by atoms with Crippen molar-refractivity contribution >= 4 is 28.7 Å². The van der Waals surface area contributed by atoms with Crippen LogP contribution in [-0.4, -0.2) is 25.6 Å². The topological polar surface area (TPSA) is 68.0 Å². The summed E-state index contributed by atoms with van der Waals surface area (Å²) < 4.78 is 1.90. The molecule has 0 unspecified atom stereocenters. The van der Waals surface area contributed by atoms with Gasteiger partial charge in [-0.05, 0) is 48.2 Å². The van der Waals surface area contributed by atoms with Crippen molar-refractivity contribution in [2.45, 2.75) is 20.4 Å². The Morgan fingerprint density at radius 2 is 1.79 bits per heavy atom. The number of imidazole rings is 1. The first-order chi connectivity index (χ1) is 13.4. The average Bonchev–Trinajstić information content (AvgIpc) is 3.00. The van der Waals surface area contributed by atoms with Crippen LogP contribution in [0.5, 0.6) is 0 Å². The van der Waals surface area contributed by atoms with Gasteiger partial charge < -0.3 is 9.67 Å². The summed E-state index contributed by atoms with van der Waals surface area (Å²) in [5.74, 6) is -0.294. The molecule has 0 fully saturated rings. The molecule has 0 amide bonds. The van der Waals surface area contributed by atoms with Crippen LogP contribution >= 0.6 is 11.6 Å². The van der Waals surface area contributed by atoms with Gasteiger partial charge in [-0.3, -0.25) is 0 Å². The van der Waals surface area contributed by atoms with Crippen molar-refractivity contribution in [3.63, 3.8) is 0 Å². The molecule has 0 atom stereocenters. The van der Waals surface area contributed by atoms with E-state index in [1.165, 1.54) is 0 Å². The highest BCUT2D eigenvalue weighted by atomic mass is 35.5. The fraction of sp³-hybridized carbons (Fsp3) is 0.136. The molecule has 0 saturated heterocycles. The third kappa shape index (κ3) is 3.25. The van der Waals surface area contributed by atoms with Crippen LogP contribution < -0.4 is 0 Å². The number of hydrogen-bond donors (Lipinski definition) is 1. The lowest BCUT2D eigenvalue weighted by atomic mass is 10.0. The SMILES string of the molecule is Cc1cc(C(=O)O)nc2c1nc(C)n2Cc1ccc(-c2ccccc2)cc1Cl. The standard InChI is InChI=1S/C22H18ClN3O2/c1-13-10-19(22(27)28)25-21-20(13)24-14(2)26(21)12-17-9-8-16(11-18(17)23)15-6-4-3-5-7-15/h3-11H,12H2,1-2H3,(H,27,28). The Kier molecular flexibility index (Phi) is 4.61. The number of fused-ring (bicyclic) bond motifs is 1. The van der Waals surface area contributed by atoms with E-state index in [9.17, 15) is 9.90 Å². The predicted molar refractivity (Wildman–Crippen MR) is 110 cm³/mol. The molecule has 0 spiro atoms. The van der Waals surface area contributed by atoms with E-state index in [0.717, 1.165) is 28.1 Å². The van der Waals surface area contributed by atoms with E-state index in [0.29, 0.717) is 22.7 Å². The Bertz CT molecular complexity index is 1200. The molecular weight excluding hydrogens is 374 g/mol. The van der Waals surface area contributed by atoms with Gasteiger partial charge in [-0.1, -0.05) is 54.1 Å². The van der Waals surface area contributed by atoms with Crippen molar-refractivity contribution in [3.8, 4) is 11.1 Å². The number of pyridine rings is 1. The molecule has 1 N–H and O–H groups in total. The van der Waals surface area contributed by atoms with E-state index in [-0.39, 0.29) is 5.69 Å². The van der Waals surface area contributed by atoms with Crippen LogP contribution in [0.1, 0.15) is 27.4 Å². The van der Waals surface area contributed by atoms with Gasteiger partial charge in [0.2, 0.25) is 0 Å². The van der Waals surface area contributed by atoms with Crippen molar-refractivity contribution < 1.29 is 9.90 Å². The van der Waals surface area contributed by atoms with Crippen LogP contribution in [0.15, 0.2) is 54.6 Å². The molecule has 5 nitrogen and oxygen atoms in total. The summed E-state index contributed by atoms with van der Waals surface area (Å²) in [6, 6.07) is 17.6. The number of carboxylic acids is 1. The number of carboxylic acid groups (broad SMARTS) is 1. The Morgan fingerprint density at radius 3 is 2.46 bits per heavy atom. The minimum atomic E-state index is -1.05. The van der Waals surface area contributed by atoms with Gasteiger partial charge in [0.15, 0.2) is 11.3 Å². The predicted octanol–water partition coefficient (Wildman–Crippen LogP) is 5.12. The lowest BCUT2D eigenvalue weighted by Gasteiger charge is -2.11. The maximum absolute atomic E-state index is 11.4. The number of aromatic nitrogens is 3. The van der Waals surface area contributed by atoms with Crippen molar-refractivity contribution in [3.05, 3.63) is 82.3 Å². The minimum absolute atomic E-state index is 0.0108. The molecule has 0 saturated carbocycles. The van der Waals surface area contributed by atoms with Crippen molar-refractivity contribution in [2.24, 2.45) is 0 Å². The van der Waals surface area contributed by atoms with Gasteiger partial charge in [-0.25, -0.2) is 14.8 Å². The molecule has 140 valence electrons. The Morgan fingerprint density at radius 1 is 1.04 bits per heavy atom. The zero-order valence-electron chi connectivity index (χ0n) is 15.5. The first kappa shape index (κ1) is 18.2. The van der Waals surface area contributed by atoms with Crippen LogP contribution in [0.4, 0.5) is 0 Å². The highest BCUT2D eigenvalue weighted by Gasteiger charge is 2.16. The van der Waals surface area contributed by atoms with Gasteiger partial charge in [-0.15, -0.1) is 0 Å². The summed E-state index contributed by atoms with van der Waals surface area (Å²) >= 11 is 6.56. The molecule has 0 bridgehead atoms. The molecule has 0 aliphatic rings. The number of carbonyl (C=O) groups is 1. The number of aromatic carboxylic acids is 1. The van der Waals surface area contributed by atoms with Crippen molar-refractivity contribution in [1.82, 2.24) is 14.5 Å². The molecule has 0 aliphatic heterocycles. The smallest absolute Gasteiger partial charge is 0.354 e. The highest BCUT2D eigenvalue weighted by molar-refractivity contribution is 6.31. The number of hydrogen-bond acceptors (Lipinski definition) is 3. The lowest BCUT2D eigenvalue weighted by Crippen LogP contribution is -2.07. The second kappa shape index (κ2) is 7.09. The number of aryl methyl sites for hydroxylation is 2. The molecule has 0 radical (unpaired) electrons. The second-order valence-corrected chi connectivity index (χ2v) is 7.13. The van der Waals surface area contributed by atoms with Crippen LogP contribution in [0.3, 0.4) is 0 Å². The first-order valence-corrected chi connectivity index (χ1v) is 9.23. The average molecular weight is 392 g/mol. The van der Waals surface area contributed by atoms with E-state index >= 15 is 0 Å². The quantitative estimate of drug-likeness (QED) is 0.524. The van der Waals surface area contributed by atoms with Crippen LogP contribution in [0, 0.1) is 13.8 Å². The molecule has 6 heteroatoms. The third-order valence-electron chi connectivity index (χ3n) is 4.79. The molecular formula is C22H18ClN3O2. The summed E-state index contributed by atoms with van der Waals surface area (Å²) in [5.41, 5.74) is 5.13. The number of nitrogens with zero attached hydrogens (tertiary/aromatic N) is 3. The van der Waals surface area contributed by atoms with E-state index in [1.54, 1.807) is 6.07 Å². The third-order valence-corrected chi connectivity index (χ3v) is 5.14. The summed E-state index contributed by atoms with van der Waals surface area (Å²) in [4.78, 5) is 20.3. The summed E-state index contributed by atoms with van der Waals surface area (Å²) in [6.45, 7) is 4.19. The number of rotatable bonds is 4. The van der Waals surface area contributed by atoms with E-state index < -0.39 is 5.97 Å². The highest BCUT2D eigenvalue weighted by Crippen LogP contribution is 2.28. The van der Waals surface area contributed by atoms with Crippen molar-refractivity contribution in [2.75, 3.05) is 0 Å². The summed E-state index contributed by atoms with van der Waals surface area (Å²) in [7, 11) is 0. The molecule has 2 aromatic carbocycles. The van der Waals surface area contributed by atoms with Gasteiger partial charge in [0.25, 0.3) is 0 Å². The monoisotopic (exact) mass is 391 g/mol. The zero-order valence-corrected chi connectivity index (χ0v) is 16.2. The molecule has 4 rings (SSSR count). The van der Waals surface area contributed by atoms with Gasteiger partial charge in [0.1, 0.15) is 11.3 Å². The molecule has 2 heterocycles. The van der Waals surface area contributed by atoms with Gasteiger partial charge in [0, 0.05) is 5.02 Å². The van der Waals surface area contributed by atoms with E-state index in [2.05, 4.69) is 9.97 Å². The van der Waals surface area contributed by atoms with E-state index in [1.807, 2.05) is 66.9 Å².